The second-order valence-electron chi connectivity index (χ2n) is 7.49. The van der Waals surface area contributed by atoms with Gasteiger partial charge in [0, 0.05) is 5.69 Å². The van der Waals surface area contributed by atoms with Crippen molar-refractivity contribution in [3.05, 3.63) is 42.0 Å². The van der Waals surface area contributed by atoms with Crippen LogP contribution in [0.3, 0.4) is 0 Å². The quantitative estimate of drug-likeness (QED) is 0.447. The minimum absolute atomic E-state index is 0.0401. The summed E-state index contributed by atoms with van der Waals surface area (Å²) in [4.78, 5) is 27.7. The smallest absolute Gasteiger partial charge is 0.312 e. The molecular formula is C21H25NO4. The molecule has 2 saturated heterocycles. The average molecular weight is 355 g/mol. The normalized spacial score (nSPS) is 31.5. The molecular weight excluding hydrogens is 330 g/mol. The molecule has 2 bridgehead atoms. The summed E-state index contributed by atoms with van der Waals surface area (Å²) in [6.07, 6.45) is 6.51. The van der Waals surface area contributed by atoms with Crippen molar-refractivity contribution < 1.29 is 19.1 Å². The lowest BCUT2D eigenvalue weighted by atomic mass is 9.77. The molecule has 0 aliphatic carbocycles. The lowest BCUT2D eigenvalue weighted by molar-refractivity contribution is -0.152. The van der Waals surface area contributed by atoms with Crippen LogP contribution in [-0.4, -0.2) is 36.7 Å². The van der Waals surface area contributed by atoms with E-state index in [1.165, 1.54) is 0 Å². The van der Waals surface area contributed by atoms with Crippen molar-refractivity contribution in [2.45, 2.75) is 44.8 Å². The summed E-state index contributed by atoms with van der Waals surface area (Å²) in [6, 6.07) is 7.81. The van der Waals surface area contributed by atoms with E-state index < -0.39 is 17.4 Å². The Bertz CT molecular complexity index is 758. The van der Waals surface area contributed by atoms with Crippen molar-refractivity contribution in [1.82, 2.24) is 0 Å². The largest absolute Gasteiger partial charge is 0.465 e. The van der Waals surface area contributed by atoms with Crippen LogP contribution in [0.25, 0.3) is 0 Å². The van der Waals surface area contributed by atoms with E-state index in [1.54, 1.807) is 4.90 Å². The number of aryl methyl sites for hydroxylation is 1. The molecule has 0 N–H and O–H groups in total. The molecule has 4 atom stereocenters. The van der Waals surface area contributed by atoms with Gasteiger partial charge < -0.3 is 14.4 Å². The lowest BCUT2D eigenvalue weighted by Crippen LogP contribution is -2.40. The SMILES string of the molecule is CCCCCOC(=O)[C@H]1[C@@H]2C=C[C@@]3(CN(c4ccccc4C)C(=O)[C@H]13)O2. The minimum atomic E-state index is -0.697. The van der Waals surface area contributed by atoms with Gasteiger partial charge in [0.15, 0.2) is 0 Å². The monoisotopic (exact) mass is 355 g/mol. The summed E-state index contributed by atoms with van der Waals surface area (Å²) < 4.78 is 11.6. The second-order valence-corrected chi connectivity index (χ2v) is 7.49. The lowest BCUT2D eigenvalue weighted by Gasteiger charge is -2.23. The number of nitrogens with zero attached hydrogens (tertiary/aromatic N) is 1. The summed E-state index contributed by atoms with van der Waals surface area (Å²) in [5, 5.41) is 0. The zero-order valence-electron chi connectivity index (χ0n) is 15.3. The molecule has 4 rings (SSSR count). The van der Waals surface area contributed by atoms with Crippen molar-refractivity contribution >= 4 is 17.6 Å². The number of hydrogen-bond donors (Lipinski definition) is 0. The summed E-state index contributed by atoms with van der Waals surface area (Å²) in [5.41, 5.74) is 1.23. The molecule has 1 spiro atoms. The van der Waals surface area contributed by atoms with E-state index in [4.69, 9.17) is 9.47 Å². The molecule has 3 aliphatic heterocycles. The van der Waals surface area contributed by atoms with E-state index in [-0.39, 0.29) is 18.0 Å². The van der Waals surface area contributed by atoms with Crippen molar-refractivity contribution in [3.8, 4) is 0 Å². The molecule has 5 nitrogen and oxygen atoms in total. The Morgan fingerprint density at radius 3 is 2.92 bits per heavy atom. The molecule has 1 amide bonds. The third-order valence-corrected chi connectivity index (χ3v) is 5.77. The number of unbranched alkanes of at least 4 members (excludes halogenated alkanes) is 2. The predicted molar refractivity (Wildman–Crippen MR) is 97.7 cm³/mol. The Hall–Kier alpha value is -2.14. The van der Waals surface area contributed by atoms with Crippen molar-refractivity contribution in [2.75, 3.05) is 18.1 Å². The van der Waals surface area contributed by atoms with Crippen LogP contribution in [0.15, 0.2) is 36.4 Å². The highest BCUT2D eigenvalue weighted by Gasteiger charge is 2.67. The highest BCUT2D eigenvalue weighted by Crippen LogP contribution is 2.53. The number of hydrogen-bond acceptors (Lipinski definition) is 4. The van der Waals surface area contributed by atoms with E-state index in [2.05, 4.69) is 6.92 Å². The fourth-order valence-corrected chi connectivity index (χ4v) is 4.46. The van der Waals surface area contributed by atoms with Gasteiger partial charge in [0.2, 0.25) is 5.91 Å². The van der Waals surface area contributed by atoms with Crippen molar-refractivity contribution in [3.63, 3.8) is 0 Å². The van der Waals surface area contributed by atoms with Crippen LogP contribution in [0.1, 0.15) is 31.7 Å². The summed E-state index contributed by atoms with van der Waals surface area (Å²) in [7, 11) is 0. The zero-order valence-corrected chi connectivity index (χ0v) is 15.3. The van der Waals surface area contributed by atoms with E-state index in [0.717, 1.165) is 30.5 Å². The maximum absolute atomic E-state index is 13.2. The molecule has 3 heterocycles. The zero-order chi connectivity index (χ0) is 18.3. The van der Waals surface area contributed by atoms with Crippen molar-refractivity contribution in [2.24, 2.45) is 11.8 Å². The first-order valence-electron chi connectivity index (χ1n) is 9.48. The van der Waals surface area contributed by atoms with Gasteiger partial charge in [-0.05, 0) is 25.0 Å². The Morgan fingerprint density at radius 2 is 2.15 bits per heavy atom. The molecule has 5 heteroatoms. The first-order valence-corrected chi connectivity index (χ1v) is 9.48. The molecule has 0 radical (unpaired) electrons. The number of carbonyl (C=O) groups excluding carboxylic acids is 2. The van der Waals surface area contributed by atoms with Crippen LogP contribution in [-0.2, 0) is 19.1 Å². The number of fused-ring (bicyclic) bond motifs is 1. The van der Waals surface area contributed by atoms with Crippen LogP contribution in [0.2, 0.25) is 0 Å². The molecule has 0 aromatic heterocycles. The Morgan fingerprint density at radius 1 is 1.35 bits per heavy atom. The summed E-state index contributed by atoms with van der Waals surface area (Å²) in [5.74, 6) is -1.37. The van der Waals surface area contributed by atoms with Gasteiger partial charge in [-0.1, -0.05) is 50.1 Å². The number of anilines is 1. The number of rotatable bonds is 6. The standard InChI is InChI=1S/C21H25NO4/c1-3-4-7-12-25-20(24)17-16-10-11-21(26-16)13-22(19(23)18(17)21)15-9-6-5-8-14(15)2/h5-6,8-11,16-18H,3-4,7,12-13H2,1-2H3/t16-,17-,18-,21-/m0/s1. The second kappa shape index (κ2) is 6.54. The first-order chi connectivity index (χ1) is 12.6. The van der Waals surface area contributed by atoms with Gasteiger partial charge in [-0.15, -0.1) is 0 Å². The van der Waals surface area contributed by atoms with E-state index in [9.17, 15) is 9.59 Å². The molecule has 138 valence electrons. The first kappa shape index (κ1) is 17.3. The van der Waals surface area contributed by atoms with E-state index in [0.29, 0.717) is 13.2 Å². The van der Waals surface area contributed by atoms with Crippen LogP contribution < -0.4 is 4.90 Å². The number of carbonyl (C=O) groups is 2. The van der Waals surface area contributed by atoms with Crippen LogP contribution >= 0.6 is 0 Å². The maximum atomic E-state index is 13.2. The highest BCUT2D eigenvalue weighted by atomic mass is 16.6. The number of ether oxygens (including phenoxy) is 2. The topological polar surface area (TPSA) is 55.8 Å². The molecule has 0 unspecified atom stereocenters. The van der Waals surface area contributed by atoms with Gasteiger partial charge in [-0.25, -0.2) is 0 Å². The van der Waals surface area contributed by atoms with Gasteiger partial charge in [-0.3, -0.25) is 9.59 Å². The highest BCUT2D eigenvalue weighted by molar-refractivity contribution is 6.03. The molecule has 26 heavy (non-hydrogen) atoms. The summed E-state index contributed by atoms with van der Waals surface area (Å²) >= 11 is 0. The molecule has 0 saturated carbocycles. The Kier molecular flexibility index (Phi) is 4.35. The van der Waals surface area contributed by atoms with E-state index >= 15 is 0 Å². The van der Waals surface area contributed by atoms with Crippen LogP contribution in [0, 0.1) is 18.8 Å². The molecule has 1 aromatic carbocycles. The molecule has 1 aromatic rings. The molecule has 2 fully saturated rings. The van der Waals surface area contributed by atoms with E-state index in [1.807, 2.05) is 43.3 Å². The minimum Gasteiger partial charge on any atom is -0.465 e. The van der Waals surface area contributed by atoms with Gasteiger partial charge in [-0.2, -0.15) is 0 Å². The fourth-order valence-electron chi connectivity index (χ4n) is 4.46. The molecule has 3 aliphatic rings. The average Bonchev–Trinajstić information content (AvgIpc) is 3.27. The van der Waals surface area contributed by atoms with Crippen LogP contribution in [0.4, 0.5) is 5.69 Å². The number of para-hydroxylation sites is 1. The Labute approximate surface area is 154 Å². The Balaban J connectivity index is 1.56. The number of benzene rings is 1. The predicted octanol–water partition coefficient (Wildman–Crippen LogP) is 3.01. The van der Waals surface area contributed by atoms with Crippen LogP contribution in [0.5, 0.6) is 0 Å². The van der Waals surface area contributed by atoms with Gasteiger partial charge >= 0.3 is 5.97 Å². The van der Waals surface area contributed by atoms with Gasteiger partial charge in [0.1, 0.15) is 11.5 Å². The third-order valence-electron chi connectivity index (χ3n) is 5.77. The van der Waals surface area contributed by atoms with Gasteiger partial charge in [0.25, 0.3) is 0 Å². The van der Waals surface area contributed by atoms with Crippen molar-refractivity contribution in [1.29, 1.82) is 0 Å². The van der Waals surface area contributed by atoms with Gasteiger partial charge in [0.05, 0.1) is 25.2 Å². The number of esters is 1. The third kappa shape index (κ3) is 2.57. The number of amides is 1. The summed E-state index contributed by atoms with van der Waals surface area (Å²) in [6.45, 7) is 4.96. The fraction of sp³-hybridized carbons (Fsp3) is 0.524. The maximum Gasteiger partial charge on any atom is 0.312 e.